The van der Waals surface area contributed by atoms with Gasteiger partial charge in [-0.05, 0) is 99.4 Å². The van der Waals surface area contributed by atoms with Crippen molar-refractivity contribution in [2.24, 2.45) is 0 Å². The summed E-state index contributed by atoms with van der Waals surface area (Å²) >= 11 is 0. The number of benzene rings is 8. The third kappa shape index (κ3) is 4.35. The smallest absolute Gasteiger partial charge is 0.0645 e. The fraction of sp³-hybridized carbons (Fsp3) is 0. The van der Waals surface area contributed by atoms with Crippen molar-refractivity contribution in [3.63, 3.8) is 0 Å². The van der Waals surface area contributed by atoms with Crippen molar-refractivity contribution in [3.8, 4) is 16.8 Å². The van der Waals surface area contributed by atoms with Gasteiger partial charge in [-0.2, -0.15) is 0 Å². The predicted octanol–water partition coefficient (Wildman–Crippen LogP) is 12.2. The first-order valence-electron chi connectivity index (χ1n) is 17.9. The van der Waals surface area contributed by atoms with E-state index in [1.807, 2.05) is 60.7 Å². The second-order valence-corrected chi connectivity index (χ2v) is 11.5. The van der Waals surface area contributed by atoms with E-state index < -0.39 is 6.04 Å². The van der Waals surface area contributed by atoms with E-state index in [1.54, 1.807) is 4.90 Å². The summed E-state index contributed by atoms with van der Waals surface area (Å²) in [5, 5.41) is 7.06. The van der Waals surface area contributed by atoms with Crippen LogP contribution in [-0.2, 0) is 0 Å². The van der Waals surface area contributed by atoms with E-state index in [-0.39, 0.29) is 29.9 Å². The minimum absolute atomic E-state index is 0.0931. The van der Waals surface area contributed by atoms with Crippen LogP contribution in [0, 0.1) is 0 Å². The molecule has 1 aromatic heterocycles. The van der Waals surface area contributed by atoms with E-state index in [0.717, 1.165) is 33.2 Å². The molecular weight excluding hydrogens is 556 g/mol. The van der Waals surface area contributed by atoms with Crippen molar-refractivity contribution in [3.05, 3.63) is 182 Å². The zero-order valence-corrected chi connectivity index (χ0v) is 24.8. The topological polar surface area (TPSA) is 8.17 Å². The fourth-order valence-electron chi connectivity index (χ4n) is 6.70. The number of hydrogen-bond donors (Lipinski definition) is 0. The molecule has 0 spiro atoms. The van der Waals surface area contributed by atoms with Gasteiger partial charge in [0.2, 0.25) is 0 Å². The summed E-state index contributed by atoms with van der Waals surface area (Å²) in [6.07, 6.45) is 0. The van der Waals surface area contributed by atoms with Gasteiger partial charge < -0.3 is 9.47 Å². The maximum atomic E-state index is 8.90. The number of fused-ring (bicyclic) bond motifs is 6. The quantitative estimate of drug-likeness (QED) is 0.193. The van der Waals surface area contributed by atoms with Crippen LogP contribution in [0.25, 0.3) is 60.2 Å². The number of aromatic nitrogens is 1. The van der Waals surface area contributed by atoms with Gasteiger partial charge in [-0.15, -0.1) is 0 Å². The first-order valence-corrected chi connectivity index (χ1v) is 15.4. The number of rotatable bonds is 5. The van der Waals surface area contributed by atoms with Gasteiger partial charge in [-0.1, -0.05) is 115 Å². The van der Waals surface area contributed by atoms with Gasteiger partial charge in [0.15, 0.2) is 0 Å². The molecule has 0 aliphatic carbocycles. The van der Waals surface area contributed by atoms with E-state index in [2.05, 4.69) is 95.6 Å². The second-order valence-electron chi connectivity index (χ2n) is 11.5. The van der Waals surface area contributed by atoms with Gasteiger partial charge in [-0.25, -0.2) is 0 Å². The molecule has 0 fully saturated rings. The Balaban J connectivity index is 1.19. The van der Waals surface area contributed by atoms with Crippen molar-refractivity contribution < 1.29 is 6.85 Å². The normalized spacial score (nSPS) is 13.0. The Morgan fingerprint density at radius 2 is 1.04 bits per heavy atom. The third-order valence-corrected chi connectivity index (χ3v) is 8.85. The second kappa shape index (κ2) is 10.8. The molecule has 0 saturated heterocycles. The lowest BCUT2D eigenvalue weighted by atomic mass is 10.0. The number of hydrogen-bond acceptors (Lipinski definition) is 1. The molecule has 0 bridgehead atoms. The largest absolute Gasteiger partial charge is 0.311 e. The molecule has 9 rings (SSSR count). The highest BCUT2D eigenvalue weighted by Crippen LogP contribution is 2.39. The third-order valence-electron chi connectivity index (χ3n) is 8.85. The minimum Gasteiger partial charge on any atom is -0.311 e. The maximum Gasteiger partial charge on any atom is 0.0645 e. The highest BCUT2D eigenvalue weighted by atomic mass is 15.1. The van der Waals surface area contributed by atoms with Crippen LogP contribution in [-0.4, -0.2) is 4.57 Å². The molecule has 0 radical (unpaired) electrons. The number of para-hydroxylation sites is 2. The Labute approximate surface area is 275 Å². The van der Waals surface area contributed by atoms with Crippen LogP contribution in [0.2, 0.25) is 0 Å². The molecule has 9 aromatic rings. The lowest BCUT2D eigenvalue weighted by Gasteiger charge is -2.26. The van der Waals surface area contributed by atoms with Gasteiger partial charge in [-0.3, -0.25) is 0 Å². The summed E-state index contributed by atoms with van der Waals surface area (Å²) in [7, 11) is 0. The summed E-state index contributed by atoms with van der Waals surface area (Å²) in [5.74, 6) is 0. The molecule has 0 unspecified atom stereocenters. The Hall–Kier alpha value is -6.12. The SMILES string of the molecule is [2H]c1c([2H])c([2H])c(N(c2ccc(-c3ccc4ccccc4c3)cc2)c2ccc(-n3c4ccccc4c4c5ccccc5ccc43)cc2)c([2H])c1[2H]. The molecule has 0 atom stereocenters. The van der Waals surface area contributed by atoms with Gasteiger partial charge in [0, 0.05) is 33.5 Å². The highest BCUT2D eigenvalue weighted by Gasteiger charge is 2.16. The summed E-state index contributed by atoms with van der Waals surface area (Å²) < 4.78 is 45.2. The standard InChI is InChI=1S/C44H30N2/c1-2-13-36(14-3-1)45(37-23-20-32(21-24-37)35-19-18-31-10-4-5-12-34(31)30-35)38-25-27-39(28-26-38)46-42-17-9-8-16-41(42)44-40-15-7-6-11-33(40)22-29-43(44)46/h1-30H/i1D,2D,3D,13D,14D. The van der Waals surface area contributed by atoms with E-state index in [9.17, 15) is 0 Å². The number of nitrogens with zero attached hydrogens (tertiary/aromatic N) is 2. The minimum atomic E-state index is -0.422. The molecule has 0 aliphatic heterocycles. The van der Waals surface area contributed by atoms with Crippen LogP contribution in [0.5, 0.6) is 0 Å². The summed E-state index contributed by atoms with van der Waals surface area (Å²) in [5.41, 5.74) is 6.65. The van der Waals surface area contributed by atoms with Gasteiger partial charge in [0.1, 0.15) is 0 Å². The molecule has 1 heterocycles. The van der Waals surface area contributed by atoms with Crippen molar-refractivity contribution in [1.29, 1.82) is 0 Å². The first kappa shape index (κ1) is 21.6. The van der Waals surface area contributed by atoms with Crippen LogP contribution in [0.15, 0.2) is 182 Å². The fourth-order valence-corrected chi connectivity index (χ4v) is 6.70. The molecular formula is C44H30N2. The van der Waals surface area contributed by atoms with Crippen LogP contribution < -0.4 is 4.90 Å². The summed E-state index contributed by atoms with van der Waals surface area (Å²) in [6, 6.07) is 50.0. The van der Waals surface area contributed by atoms with Crippen LogP contribution >= 0.6 is 0 Å². The molecule has 0 amide bonds. The lowest BCUT2D eigenvalue weighted by Crippen LogP contribution is -2.10. The molecule has 0 aliphatic rings. The molecule has 8 aromatic carbocycles. The van der Waals surface area contributed by atoms with Gasteiger partial charge in [0.25, 0.3) is 0 Å². The number of anilines is 3. The molecule has 46 heavy (non-hydrogen) atoms. The summed E-state index contributed by atoms with van der Waals surface area (Å²) in [4.78, 5) is 1.76. The highest BCUT2D eigenvalue weighted by molar-refractivity contribution is 6.21. The Morgan fingerprint density at radius 1 is 0.435 bits per heavy atom. The van der Waals surface area contributed by atoms with E-state index in [0.29, 0.717) is 11.4 Å². The van der Waals surface area contributed by atoms with E-state index in [4.69, 9.17) is 6.85 Å². The van der Waals surface area contributed by atoms with Gasteiger partial charge in [0.05, 0.1) is 17.9 Å². The van der Waals surface area contributed by atoms with Crippen LogP contribution in [0.1, 0.15) is 6.85 Å². The van der Waals surface area contributed by atoms with Crippen molar-refractivity contribution in [2.45, 2.75) is 0 Å². The first-order chi connectivity index (χ1) is 24.9. The molecule has 0 N–H and O–H groups in total. The predicted molar refractivity (Wildman–Crippen MR) is 196 cm³/mol. The monoisotopic (exact) mass is 591 g/mol. The Bertz CT molecular complexity index is 2780. The molecule has 216 valence electrons. The van der Waals surface area contributed by atoms with E-state index in [1.165, 1.54) is 26.9 Å². The zero-order chi connectivity index (χ0) is 34.8. The lowest BCUT2D eigenvalue weighted by molar-refractivity contribution is 1.17. The maximum absolute atomic E-state index is 8.90. The van der Waals surface area contributed by atoms with Crippen LogP contribution in [0.4, 0.5) is 17.1 Å². The molecule has 2 nitrogen and oxygen atoms in total. The van der Waals surface area contributed by atoms with Crippen molar-refractivity contribution in [1.82, 2.24) is 4.57 Å². The van der Waals surface area contributed by atoms with Crippen LogP contribution in [0.3, 0.4) is 0 Å². The average molecular weight is 592 g/mol. The zero-order valence-electron chi connectivity index (χ0n) is 29.8. The van der Waals surface area contributed by atoms with Gasteiger partial charge >= 0.3 is 0 Å². The van der Waals surface area contributed by atoms with Crippen molar-refractivity contribution in [2.75, 3.05) is 4.90 Å². The Morgan fingerprint density at radius 3 is 1.83 bits per heavy atom. The van der Waals surface area contributed by atoms with E-state index >= 15 is 0 Å². The average Bonchev–Trinajstić information content (AvgIpc) is 3.53. The van der Waals surface area contributed by atoms with Crippen molar-refractivity contribution >= 4 is 60.4 Å². The Kier molecular flexibility index (Phi) is 5.06. The summed E-state index contributed by atoms with van der Waals surface area (Å²) in [6.45, 7) is 0. The molecule has 0 saturated carbocycles. The molecule has 2 heteroatoms.